The Morgan fingerprint density at radius 2 is 1.73 bits per heavy atom. The van der Waals surface area contributed by atoms with Crippen molar-refractivity contribution in [1.29, 1.82) is 0 Å². The van der Waals surface area contributed by atoms with Gasteiger partial charge in [0.2, 0.25) is 12.5 Å². The third-order valence-electron chi connectivity index (χ3n) is 3.70. The van der Waals surface area contributed by atoms with E-state index in [4.69, 9.17) is 23.7 Å². The summed E-state index contributed by atoms with van der Waals surface area (Å²) in [6.45, 7) is 0.152. The highest BCUT2D eigenvalue weighted by Crippen LogP contribution is 2.37. The normalized spacial score (nSPS) is 12.1. The van der Waals surface area contributed by atoms with Gasteiger partial charge in [0.1, 0.15) is 0 Å². The zero-order chi connectivity index (χ0) is 18.5. The molecule has 136 valence electrons. The molecule has 3 rings (SSSR count). The summed E-state index contributed by atoms with van der Waals surface area (Å²) in [6.07, 6.45) is 1.48. The fourth-order valence-electron chi connectivity index (χ4n) is 2.44. The fourth-order valence-corrected chi connectivity index (χ4v) is 2.44. The van der Waals surface area contributed by atoms with Gasteiger partial charge in [-0.1, -0.05) is 0 Å². The molecule has 1 heterocycles. The number of carbonyl (C=O) groups excluding carboxylic acids is 1. The van der Waals surface area contributed by atoms with Crippen LogP contribution in [0.5, 0.6) is 28.7 Å². The fraction of sp³-hybridized carbons (Fsp3) is 0.222. The molecule has 0 saturated carbocycles. The molecule has 0 atom stereocenters. The Morgan fingerprint density at radius 3 is 2.38 bits per heavy atom. The Kier molecular flexibility index (Phi) is 5.12. The van der Waals surface area contributed by atoms with Crippen LogP contribution in [0.4, 0.5) is 0 Å². The highest BCUT2D eigenvalue weighted by molar-refractivity contribution is 5.95. The molecular formula is C18H18N2O6. The lowest BCUT2D eigenvalue weighted by Gasteiger charge is -2.12. The lowest BCUT2D eigenvalue weighted by atomic mass is 10.2. The van der Waals surface area contributed by atoms with Crippen LogP contribution >= 0.6 is 0 Å². The smallest absolute Gasteiger partial charge is 0.271 e. The van der Waals surface area contributed by atoms with Crippen molar-refractivity contribution >= 4 is 12.1 Å². The van der Waals surface area contributed by atoms with Gasteiger partial charge in [-0.15, -0.1) is 0 Å². The maximum atomic E-state index is 12.2. The molecule has 0 saturated heterocycles. The van der Waals surface area contributed by atoms with Gasteiger partial charge in [0.05, 0.1) is 27.5 Å². The van der Waals surface area contributed by atoms with Gasteiger partial charge in [-0.25, -0.2) is 5.43 Å². The minimum atomic E-state index is -0.369. The average Bonchev–Trinajstić information content (AvgIpc) is 3.14. The third-order valence-corrected chi connectivity index (χ3v) is 3.70. The van der Waals surface area contributed by atoms with Crippen molar-refractivity contribution in [3.8, 4) is 28.7 Å². The van der Waals surface area contributed by atoms with E-state index in [9.17, 15) is 4.79 Å². The first kappa shape index (κ1) is 17.4. The van der Waals surface area contributed by atoms with Crippen molar-refractivity contribution in [3.05, 3.63) is 41.5 Å². The number of fused-ring (bicyclic) bond motifs is 1. The van der Waals surface area contributed by atoms with Crippen LogP contribution in [-0.2, 0) is 0 Å². The molecule has 0 fully saturated rings. The van der Waals surface area contributed by atoms with Gasteiger partial charge in [0.15, 0.2) is 23.0 Å². The molecule has 2 aromatic rings. The average molecular weight is 358 g/mol. The molecule has 0 radical (unpaired) electrons. The summed E-state index contributed by atoms with van der Waals surface area (Å²) >= 11 is 0. The van der Waals surface area contributed by atoms with Crippen LogP contribution in [0.3, 0.4) is 0 Å². The number of rotatable bonds is 6. The highest BCUT2D eigenvalue weighted by Gasteiger charge is 2.16. The van der Waals surface area contributed by atoms with Crippen molar-refractivity contribution in [1.82, 2.24) is 5.43 Å². The first-order valence-electron chi connectivity index (χ1n) is 7.69. The number of hydrazone groups is 1. The molecule has 0 aromatic heterocycles. The van der Waals surface area contributed by atoms with E-state index in [1.165, 1.54) is 27.5 Å². The maximum Gasteiger partial charge on any atom is 0.271 e. The molecule has 1 aliphatic rings. The van der Waals surface area contributed by atoms with Crippen molar-refractivity contribution in [2.45, 2.75) is 0 Å². The molecule has 2 aromatic carbocycles. The van der Waals surface area contributed by atoms with Crippen LogP contribution in [0.1, 0.15) is 15.9 Å². The SMILES string of the molecule is COc1cc(/C=N\NC(=O)c2ccc3c(c2)OCO3)cc(OC)c1OC. The van der Waals surface area contributed by atoms with Crippen LogP contribution in [0.2, 0.25) is 0 Å². The van der Waals surface area contributed by atoms with E-state index in [-0.39, 0.29) is 12.7 Å². The summed E-state index contributed by atoms with van der Waals surface area (Å²) in [7, 11) is 4.58. The molecule has 0 aliphatic carbocycles. The summed E-state index contributed by atoms with van der Waals surface area (Å²) in [5.74, 6) is 2.25. The van der Waals surface area contributed by atoms with Gasteiger partial charge in [0, 0.05) is 11.1 Å². The van der Waals surface area contributed by atoms with E-state index in [0.717, 1.165) is 0 Å². The second-order valence-corrected chi connectivity index (χ2v) is 5.23. The maximum absolute atomic E-state index is 12.2. The Balaban J connectivity index is 1.73. The van der Waals surface area contributed by atoms with E-state index in [0.29, 0.717) is 39.9 Å². The number of ether oxygens (including phenoxy) is 5. The largest absolute Gasteiger partial charge is 0.493 e. The number of nitrogens with zero attached hydrogens (tertiary/aromatic N) is 1. The summed E-state index contributed by atoms with van der Waals surface area (Å²) in [5.41, 5.74) is 3.55. The van der Waals surface area contributed by atoms with Crippen molar-refractivity contribution in [2.75, 3.05) is 28.1 Å². The third kappa shape index (κ3) is 3.49. The molecule has 1 amide bonds. The minimum absolute atomic E-state index is 0.152. The van der Waals surface area contributed by atoms with Crippen molar-refractivity contribution in [3.63, 3.8) is 0 Å². The zero-order valence-corrected chi connectivity index (χ0v) is 14.6. The number of methoxy groups -OCH3 is 3. The number of carbonyl (C=O) groups is 1. The second kappa shape index (κ2) is 7.64. The van der Waals surface area contributed by atoms with E-state index in [1.807, 2.05) is 0 Å². The van der Waals surface area contributed by atoms with Crippen LogP contribution in [0, 0.1) is 0 Å². The number of amides is 1. The van der Waals surface area contributed by atoms with Gasteiger partial charge in [-0.3, -0.25) is 4.79 Å². The number of hydrogen-bond donors (Lipinski definition) is 1. The Bertz CT molecular complexity index is 825. The predicted molar refractivity (Wildman–Crippen MR) is 93.7 cm³/mol. The number of hydrogen-bond acceptors (Lipinski definition) is 7. The van der Waals surface area contributed by atoms with Gasteiger partial charge in [0.25, 0.3) is 5.91 Å². The first-order chi connectivity index (χ1) is 12.7. The van der Waals surface area contributed by atoms with Gasteiger partial charge >= 0.3 is 0 Å². The Hall–Kier alpha value is -3.42. The lowest BCUT2D eigenvalue weighted by Crippen LogP contribution is -2.17. The van der Waals surface area contributed by atoms with Gasteiger partial charge < -0.3 is 23.7 Å². The summed E-state index contributed by atoms with van der Waals surface area (Å²) < 4.78 is 26.3. The molecule has 8 heteroatoms. The van der Waals surface area contributed by atoms with Crippen LogP contribution in [0.25, 0.3) is 0 Å². The molecular weight excluding hydrogens is 340 g/mol. The van der Waals surface area contributed by atoms with Crippen molar-refractivity contribution in [2.24, 2.45) is 5.10 Å². The molecule has 8 nitrogen and oxygen atoms in total. The van der Waals surface area contributed by atoms with Gasteiger partial charge in [-0.05, 0) is 30.3 Å². The summed E-state index contributed by atoms with van der Waals surface area (Å²) in [5, 5.41) is 3.97. The quantitative estimate of drug-likeness (QED) is 0.629. The highest BCUT2D eigenvalue weighted by atomic mass is 16.7. The molecule has 1 aliphatic heterocycles. The molecule has 26 heavy (non-hydrogen) atoms. The Morgan fingerprint density at radius 1 is 1.04 bits per heavy atom. The second-order valence-electron chi connectivity index (χ2n) is 5.23. The van der Waals surface area contributed by atoms with E-state index in [1.54, 1.807) is 30.3 Å². The number of benzene rings is 2. The molecule has 0 spiro atoms. The standard InChI is InChI=1S/C18H18N2O6/c1-22-15-6-11(7-16(23-2)17(15)24-3)9-19-20-18(21)12-4-5-13-14(8-12)26-10-25-13/h4-9H,10H2,1-3H3,(H,20,21)/b19-9-. The summed E-state index contributed by atoms with van der Waals surface area (Å²) in [4.78, 5) is 12.2. The van der Waals surface area contributed by atoms with E-state index >= 15 is 0 Å². The van der Waals surface area contributed by atoms with Gasteiger partial charge in [-0.2, -0.15) is 5.10 Å². The molecule has 0 bridgehead atoms. The lowest BCUT2D eigenvalue weighted by molar-refractivity contribution is 0.0954. The van der Waals surface area contributed by atoms with Crippen LogP contribution < -0.4 is 29.1 Å². The van der Waals surface area contributed by atoms with Crippen LogP contribution in [0.15, 0.2) is 35.4 Å². The van der Waals surface area contributed by atoms with Crippen LogP contribution in [-0.4, -0.2) is 40.2 Å². The Labute approximate surface area is 150 Å². The summed E-state index contributed by atoms with van der Waals surface area (Å²) in [6, 6.07) is 8.36. The van der Waals surface area contributed by atoms with Crippen molar-refractivity contribution < 1.29 is 28.5 Å². The number of nitrogens with one attached hydrogen (secondary N) is 1. The predicted octanol–water partition coefficient (Wildman–Crippen LogP) is 2.21. The van der Waals surface area contributed by atoms with E-state index in [2.05, 4.69) is 10.5 Å². The monoisotopic (exact) mass is 358 g/mol. The topological polar surface area (TPSA) is 87.6 Å². The molecule has 0 unspecified atom stereocenters. The first-order valence-corrected chi connectivity index (χ1v) is 7.69. The molecule has 1 N–H and O–H groups in total. The van der Waals surface area contributed by atoms with E-state index < -0.39 is 0 Å². The minimum Gasteiger partial charge on any atom is -0.493 e. The zero-order valence-electron chi connectivity index (χ0n) is 14.6.